The number of hydrogen-bond acceptors (Lipinski definition) is 3. The highest BCUT2D eigenvalue weighted by Gasteiger charge is 2.16. The smallest absolute Gasteiger partial charge is 0.133 e. The Bertz CT molecular complexity index is 276. The maximum Gasteiger partial charge on any atom is 0.133 e. The van der Waals surface area contributed by atoms with Gasteiger partial charge in [0.05, 0.1) is 5.69 Å². The second-order valence-electron chi connectivity index (χ2n) is 4.15. The van der Waals surface area contributed by atoms with Gasteiger partial charge < -0.3 is 5.32 Å². The van der Waals surface area contributed by atoms with Crippen LogP contribution in [0, 0.1) is 0 Å². The van der Waals surface area contributed by atoms with E-state index in [1.54, 1.807) is 0 Å². The molecule has 0 saturated carbocycles. The van der Waals surface area contributed by atoms with Crippen molar-refractivity contribution in [2.75, 3.05) is 7.05 Å². The summed E-state index contributed by atoms with van der Waals surface area (Å²) in [7, 11) is 1.92. The van der Waals surface area contributed by atoms with Crippen LogP contribution in [0.2, 0.25) is 0 Å². The second kappa shape index (κ2) is 3.83. The van der Waals surface area contributed by atoms with Gasteiger partial charge in [-0.15, -0.1) is 0 Å². The van der Waals surface area contributed by atoms with Crippen molar-refractivity contribution in [1.29, 1.82) is 0 Å². The molecule has 1 heterocycles. The molecule has 0 bridgehead atoms. The summed E-state index contributed by atoms with van der Waals surface area (Å²) in [6, 6.07) is 1.94. The van der Waals surface area contributed by atoms with E-state index in [1.165, 1.54) is 0 Å². The molecule has 72 valence electrons. The number of rotatable bonds is 2. The average Bonchev–Trinajstić information content (AvgIpc) is 2.04. The van der Waals surface area contributed by atoms with Crippen molar-refractivity contribution in [3.63, 3.8) is 0 Å². The molecule has 3 heteroatoms. The lowest BCUT2D eigenvalue weighted by molar-refractivity contribution is 0.539. The van der Waals surface area contributed by atoms with Crippen LogP contribution in [0.1, 0.15) is 32.3 Å². The lowest BCUT2D eigenvalue weighted by Crippen LogP contribution is -2.18. The van der Waals surface area contributed by atoms with Gasteiger partial charge in [-0.2, -0.15) is 0 Å². The first-order chi connectivity index (χ1) is 6.04. The Morgan fingerprint density at radius 1 is 1.38 bits per heavy atom. The third kappa shape index (κ3) is 2.77. The van der Waals surface area contributed by atoms with Gasteiger partial charge >= 0.3 is 0 Å². The molecule has 0 spiro atoms. The quantitative estimate of drug-likeness (QED) is 0.747. The van der Waals surface area contributed by atoms with Gasteiger partial charge in [0, 0.05) is 18.2 Å². The first-order valence-electron chi connectivity index (χ1n) is 4.51. The van der Waals surface area contributed by atoms with Crippen LogP contribution in [-0.2, 0) is 12.0 Å². The van der Waals surface area contributed by atoms with E-state index in [9.17, 15) is 0 Å². The molecule has 0 aromatic carbocycles. The van der Waals surface area contributed by atoms with Crippen molar-refractivity contribution in [3.05, 3.63) is 23.8 Å². The maximum absolute atomic E-state index is 4.46. The maximum atomic E-state index is 4.46. The summed E-state index contributed by atoms with van der Waals surface area (Å²) in [4.78, 5) is 8.71. The van der Waals surface area contributed by atoms with Gasteiger partial charge in [-0.3, -0.25) is 0 Å². The molecule has 0 aliphatic carbocycles. The topological polar surface area (TPSA) is 37.8 Å². The van der Waals surface area contributed by atoms with Crippen LogP contribution in [0.4, 0.5) is 0 Å². The number of nitrogens with zero attached hydrogens (tertiary/aromatic N) is 2. The van der Waals surface area contributed by atoms with Crippen LogP contribution >= 0.6 is 0 Å². The molecule has 13 heavy (non-hydrogen) atoms. The van der Waals surface area contributed by atoms with Crippen molar-refractivity contribution in [2.45, 2.75) is 32.7 Å². The van der Waals surface area contributed by atoms with E-state index in [4.69, 9.17) is 0 Å². The summed E-state index contributed by atoms with van der Waals surface area (Å²) in [6.45, 7) is 7.15. The predicted octanol–water partition coefficient (Wildman–Crippen LogP) is 1.49. The van der Waals surface area contributed by atoms with E-state index in [0.717, 1.165) is 18.1 Å². The fourth-order valence-electron chi connectivity index (χ4n) is 1.04. The first kappa shape index (κ1) is 10.1. The van der Waals surface area contributed by atoms with Gasteiger partial charge in [0.1, 0.15) is 5.82 Å². The van der Waals surface area contributed by atoms with Crippen molar-refractivity contribution in [3.8, 4) is 0 Å². The molecule has 1 N–H and O–H groups in total. The normalized spacial score (nSPS) is 11.7. The monoisotopic (exact) mass is 179 g/mol. The third-order valence-corrected chi connectivity index (χ3v) is 1.74. The van der Waals surface area contributed by atoms with Crippen molar-refractivity contribution < 1.29 is 0 Å². The molecule has 1 rings (SSSR count). The zero-order chi connectivity index (χ0) is 9.90. The van der Waals surface area contributed by atoms with Crippen LogP contribution in [-0.4, -0.2) is 17.0 Å². The van der Waals surface area contributed by atoms with Gasteiger partial charge in [-0.05, 0) is 13.1 Å². The molecule has 3 nitrogen and oxygen atoms in total. The fourth-order valence-corrected chi connectivity index (χ4v) is 1.04. The molecule has 0 unspecified atom stereocenters. The Morgan fingerprint density at radius 2 is 2.08 bits per heavy atom. The largest absolute Gasteiger partial charge is 0.314 e. The van der Waals surface area contributed by atoms with Crippen molar-refractivity contribution >= 4 is 0 Å². The zero-order valence-electron chi connectivity index (χ0n) is 8.76. The standard InChI is InChI=1S/C10H17N3/c1-10(2,3)9-12-6-5-8(13-9)7-11-4/h5-6,11H,7H2,1-4H3. The van der Waals surface area contributed by atoms with Crippen LogP contribution in [0.25, 0.3) is 0 Å². The van der Waals surface area contributed by atoms with Crippen molar-refractivity contribution in [2.24, 2.45) is 0 Å². The molecule has 0 aliphatic heterocycles. The summed E-state index contributed by atoms with van der Waals surface area (Å²) in [5.41, 5.74) is 1.08. The number of aromatic nitrogens is 2. The lowest BCUT2D eigenvalue weighted by Gasteiger charge is -2.16. The Labute approximate surface area is 79.6 Å². The number of hydrogen-bond donors (Lipinski definition) is 1. The van der Waals surface area contributed by atoms with E-state index in [-0.39, 0.29) is 5.41 Å². The van der Waals surface area contributed by atoms with E-state index in [0.29, 0.717) is 0 Å². The third-order valence-electron chi connectivity index (χ3n) is 1.74. The molecule has 1 aromatic rings. The highest BCUT2D eigenvalue weighted by atomic mass is 14.9. The molecular formula is C10H17N3. The Morgan fingerprint density at radius 3 is 2.62 bits per heavy atom. The SMILES string of the molecule is CNCc1ccnc(C(C)(C)C)n1. The molecule has 0 radical (unpaired) electrons. The van der Waals surface area contributed by atoms with Gasteiger partial charge in [-0.1, -0.05) is 20.8 Å². The molecule has 1 aromatic heterocycles. The Balaban J connectivity index is 2.92. The average molecular weight is 179 g/mol. The van der Waals surface area contributed by atoms with Crippen LogP contribution in [0.5, 0.6) is 0 Å². The molecule has 0 amide bonds. The lowest BCUT2D eigenvalue weighted by atomic mass is 9.96. The molecular weight excluding hydrogens is 162 g/mol. The number of nitrogens with one attached hydrogen (secondary N) is 1. The van der Waals surface area contributed by atoms with Gasteiger partial charge in [0.25, 0.3) is 0 Å². The molecule has 0 atom stereocenters. The summed E-state index contributed by atoms with van der Waals surface area (Å²) < 4.78 is 0. The molecule has 0 aliphatic rings. The molecule has 0 saturated heterocycles. The summed E-state index contributed by atoms with van der Waals surface area (Å²) in [6.07, 6.45) is 1.82. The fraction of sp³-hybridized carbons (Fsp3) is 0.600. The minimum absolute atomic E-state index is 0.0315. The minimum atomic E-state index is 0.0315. The summed E-state index contributed by atoms with van der Waals surface area (Å²) in [5, 5.41) is 3.07. The second-order valence-corrected chi connectivity index (χ2v) is 4.15. The zero-order valence-corrected chi connectivity index (χ0v) is 8.76. The highest BCUT2D eigenvalue weighted by molar-refractivity contribution is 5.08. The van der Waals surface area contributed by atoms with E-state index in [2.05, 4.69) is 36.1 Å². The van der Waals surface area contributed by atoms with Gasteiger partial charge in [0.2, 0.25) is 0 Å². The van der Waals surface area contributed by atoms with E-state index in [1.807, 2.05) is 19.3 Å². The Hall–Kier alpha value is -0.960. The molecule has 0 fully saturated rings. The minimum Gasteiger partial charge on any atom is -0.314 e. The van der Waals surface area contributed by atoms with Gasteiger partial charge in [0.15, 0.2) is 0 Å². The highest BCUT2D eigenvalue weighted by Crippen LogP contribution is 2.17. The van der Waals surface area contributed by atoms with Crippen LogP contribution < -0.4 is 5.32 Å². The van der Waals surface area contributed by atoms with Gasteiger partial charge in [-0.25, -0.2) is 9.97 Å². The van der Waals surface area contributed by atoms with Crippen LogP contribution in [0.3, 0.4) is 0 Å². The van der Waals surface area contributed by atoms with E-state index >= 15 is 0 Å². The Kier molecular flexibility index (Phi) is 2.98. The summed E-state index contributed by atoms with van der Waals surface area (Å²) >= 11 is 0. The summed E-state index contributed by atoms with van der Waals surface area (Å²) in [5.74, 6) is 0.903. The van der Waals surface area contributed by atoms with Crippen molar-refractivity contribution in [1.82, 2.24) is 15.3 Å². The predicted molar refractivity (Wildman–Crippen MR) is 53.5 cm³/mol. The van der Waals surface area contributed by atoms with Crippen LogP contribution in [0.15, 0.2) is 12.3 Å². The van der Waals surface area contributed by atoms with E-state index < -0.39 is 0 Å². The first-order valence-corrected chi connectivity index (χ1v) is 4.51.